The van der Waals surface area contributed by atoms with Gasteiger partial charge in [0.05, 0.1) is 11.6 Å². The maximum atomic E-state index is 11.5. The van der Waals surface area contributed by atoms with Crippen LogP contribution >= 0.6 is 27.5 Å². The van der Waals surface area contributed by atoms with Crippen LogP contribution in [0.25, 0.3) is 0 Å². The molecule has 0 fully saturated rings. The monoisotopic (exact) mass is 322 g/mol. The molecule has 0 aromatic heterocycles. The van der Waals surface area contributed by atoms with Gasteiger partial charge in [0.15, 0.2) is 5.60 Å². The second-order valence-electron chi connectivity index (χ2n) is 3.42. The van der Waals surface area contributed by atoms with Gasteiger partial charge in [-0.25, -0.2) is 4.79 Å². The highest BCUT2D eigenvalue weighted by Gasteiger charge is 2.34. The molecule has 5 heteroatoms. The van der Waals surface area contributed by atoms with E-state index in [1.54, 1.807) is 19.1 Å². The lowest BCUT2D eigenvalue weighted by molar-refractivity contribution is -0.164. The fraction of sp³-hybridized carbons (Fsp3) is 0.417. The maximum absolute atomic E-state index is 11.5. The molecule has 96 valence electrons. The van der Waals surface area contributed by atoms with Crippen LogP contribution in [0.1, 0.15) is 26.8 Å². The third-order valence-electron chi connectivity index (χ3n) is 2.15. The van der Waals surface area contributed by atoms with Crippen LogP contribution in [0.2, 0.25) is 5.02 Å². The van der Waals surface area contributed by atoms with Crippen LogP contribution in [-0.2, 0) is 15.1 Å². The zero-order chi connectivity index (χ0) is 12.3. The number of esters is 1. The summed E-state index contributed by atoms with van der Waals surface area (Å²) in [5, 5.41) is 10.5. The molecule has 0 saturated carbocycles. The first-order chi connectivity index (χ1) is 7.39. The van der Waals surface area contributed by atoms with Crippen LogP contribution in [0.4, 0.5) is 0 Å². The van der Waals surface area contributed by atoms with Gasteiger partial charge in [0.1, 0.15) is 0 Å². The van der Waals surface area contributed by atoms with E-state index < -0.39 is 11.6 Å². The van der Waals surface area contributed by atoms with E-state index in [0.29, 0.717) is 15.1 Å². The highest BCUT2D eigenvalue weighted by Crippen LogP contribution is 2.29. The van der Waals surface area contributed by atoms with E-state index >= 15 is 0 Å². The molecular formula is C12H16BrClO3. The van der Waals surface area contributed by atoms with Gasteiger partial charge in [-0.1, -0.05) is 25.1 Å². The minimum atomic E-state index is -1.68. The number of ether oxygens (including phenoxy) is 1. The molecule has 0 spiro atoms. The topological polar surface area (TPSA) is 46.5 Å². The molecule has 0 amide bonds. The number of rotatable bonds is 3. The first-order valence-corrected chi connectivity index (χ1v) is 5.91. The van der Waals surface area contributed by atoms with Gasteiger partial charge in [0, 0.05) is 4.47 Å². The number of carbonyl (C=O) groups excluding carboxylic acids is 1. The molecule has 1 rings (SSSR count). The Bertz CT molecular complexity index is 405. The van der Waals surface area contributed by atoms with Crippen molar-refractivity contribution in [3.05, 3.63) is 33.3 Å². The van der Waals surface area contributed by atoms with E-state index in [1.807, 2.05) is 0 Å². The Morgan fingerprint density at radius 2 is 2.18 bits per heavy atom. The zero-order valence-electron chi connectivity index (χ0n) is 8.96. The highest BCUT2D eigenvalue weighted by atomic mass is 79.9. The molecule has 1 unspecified atom stereocenters. The number of aliphatic hydroxyl groups is 1. The lowest BCUT2D eigenvalue weighted by Crippen LogP contribution is -2.34. The van der Waals surface area contributed by atoms with Gasteiger partial charge in [0.25, 0.3) is 0 Å². The quantitative estimate of drug-likeness (QED) is 0.866. The SMILES string of the molecule is C.CCOC(=O)C(C)(O)c1ccc(Br)c(Cl)c1. The van der Waals surface area contributed by atoms with Crippen LogP contribution in [0.5, 0.6) is 0 Å². The summed E-state index contributed by atoms with van der Waals surface area (Å²) in [6.07, 6.45) is 0. The lowest BCUT2D eigenvalue weighted by Gasteiger charge is -2.21. The molecule has 1 N–H and O–H groups in total. The number of halogens is 2. The normalized spacial score (nSPS) is 13.5. The van der Waals surface area contributed by atoms with Crippen LogP contribution in [0.3, 0.4) is 0 Å². The minimum Gasteiger partial charge on any atom is -0.464 e. The molecule has 0 bridgehead atoms. The summed E-state index contributed by atoms with van der Waals surface area (Å²) in [6, 6.07) is 4.82. The van der Waals surface area contributed by atoms with Crippen molar-refractivity contribution in [2.45, 2.75) is 26.9 Å². The van der Waals surface area contributed by atoms with Crippen LogP contribution in [0.15, 0.2) is 22.7 Å². The summed E-state index contributed by atoms with van der Waals surface area (Å²) < 4.78 is 5.49. The van der Waals surface area contributed by atoms with Gasteiger partial charge < -0.3 is 9.84 Å². The van der Waals surface area contributed by atoms with Gasteiger partial charge in [-0.3, -0.25) is 0 Å². The van der Waals surface area contributed by atoms with Crippen LogP contribution in [0, 0.1) is 0 Å². The number of carbonyl (C=O) groups is 1. The van der Waals surface area contributed by atoms with E-state index in [-0.39, 0.29) is 14.0 Å². The van der Waals surface area contributed by atoms with Crippen molar-refractivity contribution in [3.8, 4) is 0 Å². The smallest absolute Gasteiger partial charge is 0.342 e. The standard InChI is InChI=1S/C11H12BrClO3.CH4/c1-3-16-10(14)11(2,15)7-4-5-8(12)9(13)6-7;/h4-6,15H,3H2,1-2H3;1H4. The predicted octanol–water partition coefficient (Wildman–Crippen LogP) is 3.51. The second kappa shape index (κ2) is 6.38. The van der Waals surface area contributed by atoms with Gasteiger partial charge in [0.2, 0.25) is 0 Å². The highest BCUT2D eigenvalue weighted by molar-refractivity contribution is 9.10. The Morgan fingerprint density at radius 1 is 1.59 bits per heavy atom. The van der Waals surface area contributed by atoms with E-state index in [1.165, 1.54) is 13.0 Å². The summed E-state index contributed by atoms with van der Waals surface area (Å²) in [5.41, 5.74) is -1.28. The van der Waals surface area contributed by atoms with E-state index in [2.05, 4.69) is 15.9 Å². The van der Waals surface area contributed by atoms with Gasteiger partial charge in [-0.05, 0) is 47.5 Å². The average molecular weight is 324 g/mol. The van der Waals surface area contributed by atoms with E-state index in [0.717, 1.165) is 0 Å². The van der Waals surface area contributed by atoms with Gasteiger partial charge in [-0.15, -0.1) is 0 Å². The molecule has 3 nitrogen and oxygen atoms in total. The minimum absolute atomic E-state index is 0. The number of hydrogen-bond donors (Lipinski definition) is 1. The van der Waals surface area contributed by atoms with Gasteiger partial charge in [-0.2, -0.15) is 0 Å². The fourth-order valence-electron chi connectivity index (χ4n) is 1.19. The zero-order valence-corrected chi connectivity index (χ0v) is 11.3. The summed E-state index contributed by atoms with van der Waals surface area (Å²) in [6.45, 7) is 3.28. The fourth-order valence-corrected chi connectivity index (χ4v) is 1.62. The van der Waals surface area contributed by atoms with E-state index in [9.17, 15) is 9.90 Å². The first kappa shape index (κ1) is 16.4. The van der Waals surface area contributed by atoms with Crippen molar-refractivity contribution in [1.82, 2.24) is 0 Å². The third kappa shape index (κ3) is 3.69. The molecule has 1 aromatic carbocycles. The average Bonchev–Trinajstić information content (AvgIpc) is 2.22. The van der Waals surface area contributed by atoms with Gasteiger partial charge >= 0.3 is 5.97 Å². The summed E-state index contributed by atoms with van der Waals surface area (Å²) in [5.74, 6) is -0.687. The molecule has 1 atom stereocenters. The second-order valence-corrected chi connectivity index (χ2v) is 4.68. The van der Waals surface area contributed by atoms with Crippen molar-refractivity contribution in [1.29, 1.82) is 0 Å². The third-order valence-corrected chi connectivity index (χ3v) is 3.39. The van der Waals surface area contributed by atoms with Crippen molar-refractivity contribution >= 4 is 33.5 Å². The molecule has 0 saturated heterocycles. The van der Waals surface area contributed by atoms with Crippen molar-refractivity contribution in [2.75, 3.05) is 6.61 Å². The van der Waals surface area contributed by atoms with Crippen molar-refractivity contribution < 1.29 is 14.6 Å². The summed E-state index contributed by atoms with van der Waals surface area (Å²) in [4.78, 5) is 11.5. The molecule has 0 heterocycles. The number of hydrogen-bond acceptors (Lipinski definition) is 3. The number of benzene rings is 1. The molecule has 0 aliphatic heterocycles. The predicted molar refractivity (Wildman–Crippen MR) is 72.1 cm³/mol. The summed E-state index contributed by atoms with van der Waals surface area (Å²) in [7, 11) is 0. The Kier molecular flexibility index (Phi) is 6.16. The molecular weight excluding hydrogens is 307 g/mol. The molecule has 1 aromatic rings. The summed E-state index contributed by atoms with van der Waals surface area (Å²) >= 11 is 9.13. The van der Waals surface area contributed by atoms with E-state index in [4.69, 9.17) is 16.3 Å². The molecule has 17 heavy (non-hydrogen) atoms. The Hall–Kier alpha value is -0.580. The van der Waals surface area contributed by atoms with Crippen molar-refractivity contribution in [2.24, 2.45) is 0 Å². The van der Waals surface area contributed by atoms with Crippen LogP contribution in [-0.4, -0.2) is 17.7 Å². The largest absolute Gasteiger partial charge is 0.464 e. The first-order valence-electron chi connectivity index (χ1n) is 4.74. The lowest BCUT2D eigenvalue weighted by atomic mass is 9.96. The Labute approximate surface area is 115 Å². The Balaban J connectivity index is 0.00000256. The molecule has 0 aliphatic carbocycles. The Morgan fingerprint density at radius 3 is 2.65 bits per heavy atom. The van der Waals surface area contributed by atoms with Crippen molar-refractivity contribution in [3.63, 3.8) is 0 Å². The molecule has 0 radical (unpaired) electrons. The molecule has 0 aliphatic rings. The van der Waals surface area contributed by atoms with Crippen LogP contribution < -0.4 is 0 Å². The maximum Gasteiger partial charge on any atom is 0.342 e.